The zero-order valence-corrected chi connectivity index (χ0v) is 14.0. The van der Waals surface area contributed by atoms with E-state index in [1.54, 1.807) is 6.92 Å². The van der Waals surface area contributed by atoms with Crippen LogP contribution in [0.15, 0.2) is 51.8 Å². The summed E-state index contributed by atoms with van der Waals surface area (Å²) in [6.45, 7) is 2.18. The molecule has 2 aromatic rings. The maximum atomic E-state index is 11.7. The van der Waals surface area contributed by atoms with Crippen molar-refractivity contribution in [2.24, 2.45) is 0 Å². The van der Waals surface area contributed by atoms with E-state index in [9.17, 15) is 4.79 Å². The fourth-order valence-corrected chi connectivity index (χ4v) is 4.01. The molecule has 0 saturated heterocycles. The monoisotopic (exact) mass is 362 g/mol. The number of rotatable bonds is 4. The summed E-state index contributed by atoms with van der Waals surface area (Å²) in [5.74, 6) is 0.691. The number of ketones is 1. The molecule has 2 nitrogen and oxygen atoms in total. The molecular weight excluding hydrogens is 348 g/mol. The molecule has 21 heavy (non-hydrogen) atoms. The van der Waals surface area contributed by atoms with Gasteiger partial charge in [-0.15, -0.1) is 11.8 Å². The van der Waals surface area contributed by atoms with E-state index >= 15 is 0 Å². The molecule has 0 radical (unpaired) electrons. The van der Waals surface area contributed by atoms with Gasteiger partial charge < -0.3 is 4.74 Å². The van der Waals surface area contributed by atoms with Crippen LogP contribution < -0.4 is 4.74 Å². The number of thioether (sulfide) groups is 1. The molecule has 0 amide bonds. The molecular formula is C17H15BrO2S. The third-order valence-corrected chi connectivity index (χ3v) is 5.24. The number of carbonyl (C=O) groups is 1. The molecule has 4 heteroatoms. The number of hydrogen-bond acceptors (Lipinski definition) is 3. The van der Waals surface area contributed by atoms with Crippen LogP contribution in [0.3, 0.4) is 0 Å². The molecule has 0 bridgehead atoms. The van der Waals surface area contributed by atoms with Crippen molar-refractivity contribution in [2.75, 3.05) is 6.61 Å². The van der Waals surface area contributed by atoms with E-state index in [1.807, 2.05) is 30.0 Å². The Balaban J connectivity index is 1.68. The Labute approximate surface area is 137 Å². The van der Waals surface area contributed by atoms with Crippen molar-refractivity contribution in [1.82, 2.24) is 0 Å². The number of fused-ring (bicyclic) bond motifs is 1. The van der Waals surface area contributed by atoms with E-state index in [1.165, 1.54) is 10.5 Å². The molecule has 0 spiro atoms. The normalized spacial score (nSPS) is 16.6. The Kier molecular flexibility index (Phi) is 4.36. The Bertz CT molecular complexity index is 659. The van der Waals surface area contributed by atoms with Crippen LogP contribution in [0.5, 0.6) is 5.75 Å². The van der Waals surface area contributed by atoms with Crippen LogP contribution in [-0.2, 0) is 6.42 Å². The van der Waals surface area contributed by atoms with Crippen LogP contribution in [0.1, 0.15) is 22.8 Å². The van der Waals surface area contributed by atoms with Crippen LogP contribution in [0.4, 0.5) is 0 Å². The third-order valence-electron chi connectivity index (χ3n) is 3.46. The van der Waals surface area contributed by atoms with E-state index in [0.717, 1.165) is 10.9 Å². The molecule has 0 N–H and O–H groups in total. The second-order valence-electron chi connectivity index (χ2n) is 5.06. The third kappa shape index (κ3) is 3.33. The maximum absolute atomic E-state index is 11.7. The van der Waals surface area contributed by atoms with Crippen LogP contribution in [0.2, 0.25) is 0 Å². The molecule has 0 fully saturated rings. The van der Waals surface area contributed by atoms with Gasteiger partial charge in [-0.25, -0.2) is 0 Å². The predicted molar refractivity (Wildman–Crippen MR) is 89.4 cm³/mol. The van der Waals surface area contributed by atoms with E-state index in [-0.39, 0.29) is 5.78 Å². The molecule has 0 saturated carbocycles. The lowest BCUT2D eigenvalue weighted by Crippen LogP contribution is -2.14. The number of carbonyl (C=O) groups excluding carboxylic acids is 1. The summed E-state index contributed by atoms with van der Waals surface area (Å²) >= 11 is 5.24. The number of hydrogen-bond donors (Lipinski definition) is 0. The lowest BCUT2D eigenvalue weighted by molar-refractivity contribution is 0.101. The Morgan fingerprint density at radius 1 is 1.33 bits per heavy atom. The first-order chi connectivity index (χ1) is 10.1. The van der Waals surface area contributed by atoms with Crippen molar-refractivity contribution in [3.63, 3.8) is 0 Å². The van der Waals surface area contributed by atoms with Crippen LogP contribution >= 0.6 is 27.7 Å². The average molecular weight is 363 g/mol. The zero-order chi connectivity index (χ0) is 14.8. The second-order valence-corrected chi connectivity index (χ2v) is 7.32. The van der Waals surface area contributed by atoms with Gasteiger partial charge in [-0.05, 0) is 43.2 Å². The first-order valence-corrected chi connectivity index (χ1v) is 8.48. The van der Waals surface area contributed by atoms with Gasteiger partial charge >= 0.3 is 0 Å². The summed E-state index contributed by atoms with van der Waals surface area (Å²) in [6.07, 6.45) is 1.02. The maximum Gasteiger partial charge on any atom is 0.163 e. The van der Waals surface area contributed by atoms with E-state index in [4.69, 9.17) is 4.74 Å². The first kappa shape index (κ1) is 14.7. The van der Waals surface area contributed by atoms with Crippen LogP contribution in [0.25, 0.3) is 0 Å². The van der Waals surface area contributed by atoms with Crippen molar-refractivity contribution in [1.29, 1.82) is 0 Å². The highest BCUT2D eigenvalue weighted by Crippen LogP contribution is 2.37. The van der Waals surface area contributed by atoms with Gasteiger partial charge in [0.05, 0.1) is 5.56 Å². The number of Topliss-reactive ketones (excluding diaryl/α,β-unsaturated/α-hetero) is 1. The van der Waals surface area contributed by atoms with Gasteiger partial charge in [0.2, 0.25) is 0 Å². The number of ether oxygens (including phenoxy) is 1. The smallest absolute Gasteiger partial charge is 0.163 e. The fourth-order valence-electron chi connectivity index (χ4n) is 2.43. The standard InChI is InChI=1S/C17H15BrO2S/c1-11(19)15-9-13(18)6-7-16(15)20-10-14-8-12-4-2-3-5-17(12)21-14/h2-7,9,14H,8,10H2,1H3. The average Bonchev–Trinajstić information content (AvgIpc) is 2.88. The topological polar surface area (TPSA) is 26.3 Å². The van der Waals surface area contributed by atoms with Crippen molar-refractivity contribution < 1.29 is 9.53 Å². The van der Waals surface area contributed by atoms with E-state index in [0.29, 0.717) is 23.2 Å². The molecule has 1 aliphatic heterocycles. The molecule has 1 unspecified atom stereocenters. The van der Waals surface area contributed by atoms with Crippen molar-refractivity contribution >= 4 is 33.5 Å². The fraction of sp³-hybridized carbons (Fsp3) is 0.235. The Hall–Kier alpha value is -1.26. The Morgan fingerprint density at radius 3 is 2.90 bits per heavy atom. The molecule has 108 valence electrons. The van der Waals surface area contributed by atoms with Gasteiger partial charge in [0.25, 0.3) is 0 Å². The largest absolute Gasteiger partial charge is 0.492 e. The second kappa shape index (κ2) is 6.24. The highest BCUT2D eigenvalue weighted by Gasteiger charge is 2.22. The summed E-state index contributed by atoms with van der Waals surface area (Å²) in [4.78, 5) is 13.0. The van der Waals surface area contributed by atoms with E-state index < -0.39 is 0 Å². The van der Waals surface area contributed by atoms with Crippen molar-refractivity contribution in [3.8, 4) is 5.75 Å². The molecule has 0 aliphatic carbocycles. The quantitative estimate of drug-likeness (QED) is 0.734. The highest BCUT2D eigenvalue weighted by molar-refractivity contribution is 9.10. The number of benzene rings is 2. The molecule has 1 aliphatic rings. The molecule has 2 aromatic carbocycles. The summed E-state index contributed by atoms with van der Waals surface area (Å²) in [5.41, 5.74) is 2.02. The van der Waals surface area contributed by atoms with Crippen LogP contribution in [-0.4, -0.2) is 17.6 Å². The van der Waals surface area contributed by atoms with Gasteiger partial charge in [0.1, 0.15) is 12.4 Å². The SMILES string of the molecule is CC(=O)c1cc(Br)ccc1OCC1Cc2ccccc2S1. The lowest BCUT2D eigenvalue weighted by Gasteiger charge is -2.13. The lowest BCUT2D eigenvalue weighted by atomic mass is 10.1. The molecule has 0 aromatic heterocycles. The zero-order valence-electron chi connectivity index (χ0n) is 11.6. The molecule has 1 heterocycles. The minimum Gasteiger partial charge on any atom is -0.492 e. The summed E-state index contributed by atoms with van der Waals surface area (Å²) in [7, 11) is 0. The minimum absolute atomic E-state index is 0.0219. The minimum atomic E-state index is 0.0219. The number of halogens is 1. The van der Waals surface area contributed by atoms with Crippen molar-refractivity contribution in [2.45, 2.75) is 23.5 Å². The Morgan fingerprint density at radius 2 is 2.14 bits per heavy atom. The van der Waals surface area contributed by atoms with Gasteiger partial charge in [-0.3, -0.25) is 4.79 Å². The van der Waals surface area contributed by atoms with Gasteiger partial charge in [0.15, 0.2) is 5.78 Å². The molecule has 3 rings (SSSR count). The summed E-state index contributed by atoms with van der Waals surface area (Å²) < 4.78 is 6.80. The van der Waals surface area contributed by atoms with Gasteiger partial charge in [0, 0.05) is 14.6 Å². The van der Waals surface area contributed by atoms with Gasteiger partial charge in [-0.2, -0.15) is 0 Å². The predicted octanol–water partition coefficient (Wildman–Crippen LogP) is 4.75. The van der Waals surface area contributed by atoms with E-state index in [2.05, 4.69) is 40.2 Å². The first-order valence-electron chi connectivity index (χ1n) is 6.81. The molecule has 1 atom stereocenters. The van der Waals surface area contributed by atoms with Gasteiger partial charge in [-0.1, -0.05) is 34.1 Å². The summed E-state index contributed by atoms with van der Waals surface area (Å²) in [6, 6.07) is 14.0. The summed E-state index contributed by atoms with van der Waals surface area (Å²) in [5, 5.41) is 0.408. The highest BCUT2D eigenvalue weighted by atomic mass is 79.9. The van der Waals surface area contributed by atoms with Crippen molar-refractivity contribution in [3.05, 3.63) is 58.1 Å². The van der Waals surface area contributed by atoms with Crippen LogP contribution in [0, 0.1) is 0 Å².